The van der Waals surface area contributed by atoms with Crippen LogP contribution in [0.25, 0.3) is 11.4 Å². The number of hydrogen-bond donors (Lipinski definition) is 1. The largest absolute Gasteiger partial charge is 0.360 e. The molecule has 11 heteroatoms. The number of benzene rings is 1. The topological polar surface area (TPSA) is 120 Å². The molecular weight excluding hydrogens is 364 g/mol. The third kappa shape index (κ3) is 4.51. The van der Waals surface area contributed by atoms with E-state index in [1.165, 1.54) is 35.2 Å². The first kappa shape index (κ1) is 17.3. The van der Waals surface area contributed by atoms with Crippen LogP contribution in [0.1, 0.15) is 19.2 Å². The van der Waals surface area contributed by atoms with E-state index in [1.807, 2.05) is 0 Å². The van der Waals surface area contributed by atoms with Gasteiger partial charge in [-0.05, 0) is 6.42 Å². The molecule has 1 N–H and O–H groups in total. The van der Waals surface area contributed by atoms with Gasteiger partial charge in [0.2, 0.25) is 16.8 Å². The number of nitro benzene ring substituents is 1. The molecule has 0 fully saturated rings. The maximum Gasteiger partial charge on any atom is 0.270 e. The van der Waals surface area contributed by atoms with E-state index < -0.39 is 4.92 Å². The van der Waals surface area contributed by atoms with Gasteiger partial charge < -0.3 is 9.84 Å². The average molecular weight is 378 g/mol. The van der Waals surface area contributed by atoms with Crippen LogP contribution in [0.5, 0.6) is 0 Å². The summed E-state index contributed by atoms with van der Waals surface area (Å²) in [6.07, 6.45) is 1.02. The summed E-state index contributed by atoms with van der Waals surface area (Å²) in [6.45, 7) is 2.94. The predicted octanol–water partition coefficient (Wildman–Crippen LogP) is 3.61. The SMILES string of the molecule is CCCNc1nnc(SCc2nc(-c3cccc([N+](=O)[O-])c3)no2)s1. The van der Waals surface area contributed by atoms with Crippen molar-refractivity contribution in [2.75, 3.05) is 11.9 Å². The van der Waals surface area contributed by atoms with Crippen molar-refractivity contribution in [2.24, 2.45) is 0 Å². The van der Waals surface area contributed by atoms with Crippen LogP contribution in [0.3, 0.4) is 0 Å². The summed E-state index contributed by atoms with van der Waals surface area (Å²) in [5, 5.41) is 26.8. The lowest BCUT2D eigenvalue weighted by Crippen LogP contribution is -1.98. The van der Waals surface area contributed by atoms with Gasteiger partial charge in [0, 0.05) is 24.2 Å². The molecule has 0 unspecified atom stereocenters. The molecule has 0 saturated carbocycles. The molecule has 9 nitrogen and oxygen atoms in total. The molecular formula is C14H14N6O3S2. The van der Waals surface area contributed by atoms with E-state index in [0.29, 0.717) is 23.0 Å². The van der Waals surface area contributed by atoms with Crippen LogP contribution in [-0.4, -0.2) is 31.8 Å². The van der Waals surface area contributed by atoms with Crippen molar-refractivity contribution in [1.29, 1.82) is 0 Å². The van der Waals surface area contributed by atoms with Gasteiger partial charge in [0.15, 0.2) is 4.34 Å². The van der Waals surface area contributed by atoms with Crippen molar-refractivity contribution in [2.45, 2.75) is 23.4 Å². The Bertz CT molecular complexity index is 866. The number of aromatic nitrogens is 4. The van der Waals surface area contributed by atoms with E-state index in [9.17, 15) is 10.1 Å². The highest BCUT2D eigenvalue weighted by molar-refractivity contribution is 8.00. The Morgan fingerprint density at radius 2 is 2.28 bits per heavy atom. The summed E-state index contributed by atoms with van der Waals surface area (Å²) in [7, 11) is 0. The van der Waals surface area contributed by atoms with Gasteiger partial charge in [0.05, 0.1) is 10.7 Å². The lowest BCUT2D eigenvalue weighted by atomic mass is 10.2. The maximum atomic E-state index is 10.8. The Hall–Kier alpha value is -2.53. The van der Waals surface area contributed by atoms with E-state index >= 15 is 0 Å². The summed E-state index contributed by atoms with van der Waals surface area (Å²) < 4.78 is 6.00. The fraction of sp³-hybridized carbons (Fsp3) is 0.286. The fourth-order valence-electron chi connectivity index (χ4n) is 1.88. The summed E-state index contributed by atoms with van der Waals surface area (Å²) >= 11 is 2.91. The molecule has 0 aliphatic heterocycles. The Balaban J connectivity index is 1.63. The van der Waals surface area contributed by atoms with Crippen LogP contribution >= 0.6 is 23.1 Å². The van der Waals surface area contributed by atoms with Crippen molar-refractivity contribution in [1.82, 2.24) is 20.3 Å². The van der Waals surface area contributed by atoms with Crippen LogP contribution < -0.4 is 5.32 Å². The molecule has 2 aromatic heterocycles. The number of thioether (sulfide) groups is 1. The zero-order chi connectivity index (χ0) is 17.6. The predicted molar refractivity (Wildman–Crippen MR) is 94.6 cm³/mol. The molecule has 130 valence electrons. The van der Waals surface area contributed by atoms with Crippen LogP contribution in [0.2, 0.25) is 0 Å². The average Bonchev–Trinajstić information content (AvgIpc) is 3.27. The molecule has 25 heavy (non-hydrogen) atoms. The maximum absolute atomic E-state index is 10.8. The molecule has 2 heterocycles. The molecule has 0 amide bonds. The summed E-state index contributed by atoms with van der Waals surface area (Å²) in [4.78, 5) is 14.7. The molecule has 0 bridgehead atoms. The van der Waals surface area contributed by atoms with Gasteiger partial charge in [-0.3, -0.25) is 10.1 Å². The highest BCUT2D eigenvalue weighted by Gasteiger charge is 2.13. The van der Waals surface area contributed by atoms with Gasteiger partial charge in [0.1, 0.15) is 0 Å². The molecule has 0 aliphatic carbocycles. The van der Waals surface area contributed by atoms with Crippen molar-refractivity contribution >= 4 is 33.9 Å². The zero-order valence-electron chi connectivity index (χ0n) is 13.2. The molecule has 0 radical (unpaired) electrons. The van der Waals surface area contributed by atoms with Gasteiger partial charge in [-0.15, -0.1) is 10.2 Å². The van der Waals surface area contributed by atoms with Gasteiger partial charge >= 0.3 is 0 Å². The number of nitrogens with one attached hydrogen (secondary N) is 1. The number of non-ortho nitro benzene ring substituents is 1. The van der Waals surface area contributed by atoms with Crippen molar-refractivity contribution < 1.29 is 9.45 Å². The second kappa shape index (κ2) is 8.03. The van der Waals surface area contributed by atoms with Crippen molar-refractivity contribution in [3.8, 4) is 11.4 Å². The molecule has 0 saturated heterocycles. The van der Waals surface area contributed by atoms with Gasteiger partial charge in [-0.1, -0.05) is 47.3 Å². The number of rotatable bonds is 8. The Morgan fingerprint density at radius 1 is 1.40 bits per heavy atom. The molecule has 0 aliphatic rings. The smallest absolute Gasteiger partial charge is 0.270 e. The standard InChI is InChI=1S/C14H14N6O3S2/c1-2-6-15-13-17-18-14(25-13)24-8-11-16-12(19-23-11)9-4-3-5-10(7-9)20(21)22/h3-5,7H,2,6,8H2,1H3,(H,15,17). The number of anilines is 1. The molecule has 1 aromatic carbocycles. The van der Waals surface area contributed by atoms with Crippen LogP contribution in [0.4, 0.5) is 10.8 Å². The second-order valence-corrected chi connectivity index (χ2v) is 7.11. The van der Waals surface area contributed by atoms with Crippen molar-refractivity contribution in [3.05, 3.63) is 40.3 Å². The summed E-state index contributed by atoms with van der Waals surface area (Å²) in [6, 6.07) is 6.12. The van der Waals surface area contributed by atoms with Crippen LogP contribution in [-0.2, 0) is 5.75 Å². The molecule has 0 spiro atoms. The lowest BCUT2D eigenvalue weighted by molar-refractivity contribution is -0.384. The summed E-state index contributed by atoms with van der Waals surface area (Å²) in [5.74, 6) is 1.19. The van der Waals surface area contributed by atoms with E-state index in [2.05, 4.69) is 32.6 Å². The highest BCUT2D eigenvalue weighted by atomic mass is 32.2. The van der Waals surface area contributed by atoms with Gasteiger partial charge in [-0.2, -0.15) is 4.98 Å². The normalized spacial score (nSPS) is 10.8. The molecule has 3 aromatic rings. The Labute approximate surface area is 151 Å². The molecule has 3 rings (SSSR count). The van der Waals surface area contributed by atoms with Gasteiger partial charge in [0.25, 0.3) is 5.69 Å². The second-order valence-electron chi connectivity index (χ2n) is 4.91. The summed E-state index contributed by atoms with van der Waals surface area (Å²) in [5.41, 5.74) is 0.523. The molecule has 0 atom stereocenters. The lowest BCUT2D eigenvalue weighted by Gasteiger charge is -1.95. The Morgan fingerprint density at radius 3 is 3.08 bits per heavy atom. The minimum Gasteiger partial charge on any atom is -0.360 e. The number of hydrogen-bond acceptors (Lipinski definition) is 10. The van der Waals surface area contributed by atoms with E-state index in [4.69, 9.17) is 4.52 Å². The van der Waals surface area contributed by atoms with E-state index in [1.54, 1.807) is 12.1 Å². The van der Waals surface area contributed by atoms with E-state index in [-0.39, 0.29) is 5.69 Å². The van der Waals surface area contributed by atoms with Crippen LogP contribution in [0.15, 0.2) is 33.1 Å². The van der Waals surface area contributed by atoms with Gasteiger partial charge in [-0.25, -0.2) is 0 Å². The minimum absolute atomic E-state index is 0.0146. The first-order chi connectivity index (χ1) is 12.2. The highest BCUT2D eigenvalue weighted by Crippen LogP contribution is 2.28. The zero-order valence-corrected chi connectivity index (χ0v) is 14.8. The van der Waals surface area contributed by atoms with E-state index in [0.717, 1.165) is 22.4 Å². The third-order valence-corrected chi connectivity index (χ3v) is 5.03. The fourth-order valence-corrected chi connectivity index (χ4v) is 3.50. The minimum atomic E-state index is -0.458. The third-order valence-electron chi connectivity index (χ3n) is 3.04. The monoisotopic (exact) mass is 378 g/mol. The Kier molecular flexibility index (Phi) is 5.56. The van der Waals surface area contributed by atoms with Crippen LogP contribution in [0, 0.1) is 10.1 Å². The quantitative estimate of drug-likeness (QED) is 0.356. The van der Waals surface area contributed by atoms with Crippen molar-refractivity contribution in [3.63, 3.8) is 0 Å². The first-order valence-electron chi connectivity index (χ1n) is 7.43. The number of nitrogens with zero attached hydrogens (tertiary/aromatic N) is 5. The first-order valence-corrected chi connectivity index (χ1v) is 9.23. The number of nitro groups is 1.